The van der Waals surface area contributed by atoms with Gasteiger partial charge in [-0.25, -0.2) is 9.18 Å². The van der Waals surface area contributed by atoms with E-state index in [1.807, 2.05) is 26.0 Å². The number of amides is 7. The maximum absolute atomic E-state index is 15.0. The zero-order valence-corrected chi connectivity index (χ0v) is 32.9. The molecule has 0 bridgehead atoms. The summed E-state index contributed by atoms with van der Waals surface area (Å²) in [6, 6.07) is 6.62. The smallest absolute Gasteiger partial charge is 0.319 e. The first-order valence-corrected chi connectivity index (χ1v) is 20.2. The molecule has 7 rings (SSSR count). The lowest BCUT2D eigenvalue weighted by atomic mass is 9.90. The first-order valence-electron chi connectivity index (χ1n) is 20.2. The molecule has 2 aromatic rings. The highest BCUT2D eigenvalue weighted by Crippen LogP contribution is 2.57. The number of piperidine rings is 1. The molecule has 0 radical (unpaired) electrons. The highest BCUT2D eigenvalue weighted by molar-refractivity contribution is 6.12. The van der Waals surface area contributed by atoms with Crippen LogP contribution in [0.4, 0.5) is 14.9 Å². The number of Topliss-reactive ketones (excluding diaryl/α,β-unsaturated/α-hetero) is 1. The topological polar surface area (TPSA) is 177 Å². The Morgan fingerprint density at radius 1 is 0.895 bits per heavy atom. The number of hydrogen-bond acceptors (Lipinski definition) is 7. The van der Waals surface area contributed by atoms with Crippen LogP contribution in [0, 0.1) is 30.5 Å². The minimum Gasteiger partial charge on any atom is -0.343 e. The van der Waals surface area contributed by atoms with Crippen molar-refractivity contribution < 1.29 is 38.0 Å². The van der Waals surface area contributed by atoms with Gasteiger partial charge in [0.25, 0.3) is 0 Å². The molecule has 4 heterocycles. The Hall–Kier alpha value is -5.34. The zero-order valence-electron chi connectivity index (χ0n) is 32.9. The Morgan fingerprint density at radius 3 is 2.33 bits per heavy atom. The van der Waals surface area contributed by atoms with Crippen LogP contribution >= 0.6 is 0 Å². The van der Waals surface area contributed by atoms with Gasteiger partial charge in [0.15, 0.2) is 5.78 Å². The number of rotatable bonds is 6. The second-order valence-electron chi connectivity index (χ2n) is 16.7. The summed E-state index contributed by atoms with van der Waals surface area (Å²) >= 11 is 0. The summed E-state index contributed by atoms with van der Waals surface area (Å²) < 4.78 is 14.4. The molecule has 1 saturated carbocycles. The minimum absolute atomic E-state index is 0.0538. The normalized spacial score (nSPS) is 30.9. The Morgan fingerprint density at radius 2 is 1.60 bits per heavy atom. The predicted molar refractivity (Wildman–Crippen MR) is 207 cm³/mol. The summed E-state index contributed by atoms with van der Waals surface area (Å²) in [5.41, 5.74) is 0.636. The van der Waals surface area contributed by atoms with Crippen LogP contribution in [0.25, 0.3) is 0 Å². The van der Waals surface area contributed by atoms with Crippen LogP contribution in [-0.2, 0) is 35.2 Å². The van der Waals surface area contributed by atoms with Crippen LogP contribution in [0.2, 0.25) is 0 Å². The van der Waals surface area contributed by atoms with Crippen molar-refractivity contribution in [3.63, 3.8) is 0 Å². The fraction of sp³-hybridized carbons (Fsp3) is 0.548. The van der Waals surface area contributed by atoms with Crippen LogP contribution in [0.1, 0.15) is 70.4 Å². The number of carbonyl (C=O) groups excluding carboxylic acids is 7. The van der Waals surface area contributed by atoms with Crippen molar-refractivity contribution in [3.8, 4) is 0 Å². The van der Waals surface area contributed by atoms with Crippen molar-refractivity contribution in [1.82, 2.24) is 30.7 Å². The number of halogens is 1. The van der Waals surface area contributed by atoms with Crippen molar-refractivity contribution >= 4 is 47.0 Å². The van der Waals surface area contributed by atoms with Gasteiger partial charge in [0.1, 0.15) is 41.6 Å². The number of carbonyl (C=O) groups is 7. The maximum Gasteiger partial charge on any atom is 0.319 e. The third-order valence-electron chi connectivity index (χ3n) is 12.6. The number of anilines is 1. The number of nitrogens with one attached hydrogen (secondary N) is 4. The largest absolute Gasteiger partial charge is 0.343 e. The molecule has 2 aromatic carbocycles. The summed E-state index contributed by atoms with van der Waals surface area (Å²) in [6.07, 6.45) is 2.86. The van der Waals surface area contributed by atoms with Gasteiger partial charge in [-0.1, -0.05) is 43.7 Å². The van der Waals surface area contributed by atoms with Gasteiger partial charge in [-0.3, -0.25) is 28.8 Å². The van der Waals surface area contributed by atoms with Crippen LogP contribution in [0.5, 0.6) is 0 Å². The maximum atomic E-state index is 15.0. The predicted octanol–water partition coefficient (Wildman–Crippen LogP) is 2.68. The Kier molecular flexibility index (Phi) is 11.1. The van der Waals surface area contributed by atoms with Crippen LogP contribution in [-0.4, -0.2) is 111 Å². The zero-order chi connectivity index (χ0) is 40.8. The molecule has 1 spiro atoms. The number of nitrogens with zero attached hydrogens (tertiary/aromatic N) is 3. The summed E-state index contributed by atoms with van der Waals surface area (Å²) in [7, 11) is 0. The van der Waals surface area contributed by atoms with Gasteiger partial charge in [-0.05, 0) is 94.0 Å². The number of urea groups is 1. The van der Waals surface area contributed by atoms with Crippen LogP contribution in [0.15, 0.2) is 48.5 Å². The number of hydrogen-bond donors (Lipinski definition) is 4. The third kappa shape index (κ3) is 7.72. The quantitative estimate of drug-likeness (QED) is 0.348. The van der Waals surface area contributed by atoms with Crippen molar-refractivity contribution in [1.29, 1.82) is 0 Å². The van der Waals surface area contributed by atoms with E-state index in [1.165, 1.54) is 28.0 Å². The third-order valence-corrected chi connectivity index (χ3v) is 12.6. The molecule has 1 aliphatic carbocycles. The highest BCUT2D eigenvalue weighted by Gasteiger charge is 2.74. The average Bonchev–Trinajstić information content (AvgIpc) is 3.47. The number of ketones is 1. The standard InChI is InChI=1S/C42H52FN7O7/c1-23-13-15-29(16-14-23)45-41(57)46-30(20-27-9-7-10-28(43)19-27)36(52)47-34-25(3)33-35(51)42(33)21-24(2)22-50(42)38(54)26(4)44-37(53)31-11-5-6-17-48(31)39(55)32-12-8-18-49(32)40(34)56/h7,9-10,13-16,19,24-26,30-34H,5-6,8,11-12,17-18,20-22H2,1-4H3,(H,44,53)(H,47,52)(H2,45,46,57)/t24-,25-,26+,30+,31+,32+,33+,34+,42?/m1/s1. The molecule has 304 valence electrons. The van der Waals surface area contributed by atoms with Gasteiger partial charge < -0.3 is 36.0 Å². The molecular formula is C42H52FN7O7. The molecule has 5 aliphatic rings. The lowest BCUT2D eigenvalue weighted by Crippen LogP contribution is -2.61. The van der Waals surface area contributed by atoms with Crippen molar-refractivity contribution in [2.75, 3.05) is 25.0 Å². The second kappa shape index (κ2) is 15.9. The first-order chi connectivity index (χ1) is 27.2. The van der Waals surface area contributed by atoms with Crippen molar-refractivity contribution in [3.05, 3.63) is 65.5 Å². The van der Waals surface area contributed by atoms with E-state index >= 15 is 0 Å². The second-order valence-corrected chi connectivity index (χ2v) is 16.7. The van der Waals surface area contributed by atoms with Crippen molar-refractivity contribution in [2.24, 2.45) is 17.8 Å². The van der Waals surface area contributed by atoms with Gasteiger partial charge in [-0.15, -0.1) is 0 Å². The first kappa shape index (κ1) is 39.9. The summed E-state index contributed by atoms with van der Waals surface area (Å²) in [5, 5.41) is 11.1. The van der Waals surface area contributed by atoms with E-state index in [2.05, 4.69) is 21.3 Å². The average molecular weight is 786 g/mol. The Labute approximate surface area is 331 Å². The molecule has 0 aromatic heterocycles. The van der Waals surface area contributed by atoms with E-state index in [-0.39, 0.29) is 37.1 Å². The molecule has 9 atom stereocenters. The highest BCUT2D eigenvalue weighted by atomic mass is 19.1. The fourth-order valence-corrected chi connectivity index (χ4v) is 9.69. The monoisotopic (exact) mass is 785 g/mol. The Bertz CT molecular complexity index is 1960. The van der Waals surface area contributed by atoms with Gasteiger partial charge in [0.2, 0.25) is 29.5 Å². The van der Waals surface area contributed by atoms with Gasteiger partial charge in [0.05, 0.1) is 5.92 Å². The Balaban J connectivity index is 1.24. The van der Waals surface area contributed by atoms with E-state index in [4.69, 9.17) is 0 Å². The minimum atomic E-state index is -1.34. The van der Waals surface area contributed by atoms with Crippen LogP contribution < -0.4 is 21.3 Å². The lowest BCUT2D eigenvalue weighted by molar-refractivity contribution is -0.151. The van der Waals surface area contributed by atoms with E-state index < -0.39 is 83.1 Å². The van der Waals surface area contributed by atoms with Gasteiger partial charge >= 0.3 is 6.03 Å². The summed E-state index contributed by atoms with van der Waals surface area (Å²) in [4.78, 5) is 104. The molecular weight excluding hydrogens is 734 g/mol. The number of benzene rings is 2. The number of fused-ring (bicyclic) bond motifs is 2. The molecule has 5 fully saturated rings. The summed E-state index contributed by atoms with van der Waals surface area (Å²) in [6.45, 7) is 7.93. The summed E-state index contributed by atoms with van der Waals surface area (Å²) in [5.74, 6) is -5.07. The fourth-order valence-electron chi connectivity index (χ4n) is 9.69. The van der Waals surface area contributed by atoms with E-state index in [0.29, 0.717) is 56.3 Å². The molecule has 1 unspecified atom stereocenters. The van der Waals surface area contributed by atoms with Gasteiger partial charge in [0, 0.05) is 31.7 Å². The molecule has 14 nitrogen and oxygen atoms in total. The molecule has 4 aliphatic heterocycles. The number of aryl methyl sites for hydroxylation is 1. The van der Waals surface area contributed by atoms with E-state index in [9.17, 15) is 38.0 Å². The molecule has 4 N–H and O–H groups in total. The molecule has 7 amide bonds. The van der Waals surface area contributed by atoms with Crippen LogP contribution in [0.3, 0.4) is 0 Å². The molecule has 4 saturated heterocycles. The van der Waals surface area contributed by atoms with Gasteiger partial charge in [-0.2, -0.15) is 0 Å². The molecule has 15 heteroatoms. The lowest BCUT2D eigenvalue weighted by Gasteiger charge is -2.39. The molecule has 57 heavy (non-hydrogen) atoms. The van der Waals surface area contributed by atoms with E-state index in [1.54, 1.807) is 36.9 Å². The van der Waals surface area contributed by atoms with Crippen molar-refractivity contribution in [2.45, 2.75) is 108 Å². The SMILES string of the molecule is Cc1ccc(NC(=O)N[C@@H](Cc2cccc(F)c2)C(=O)N[C@@H]2C(=O)N3CCC[C@H]3C(=O)N3CCCC[C@H]3C(=O)N[C@@H](C)C(=O)N3C[C@H](C)CC34C(=O)[C@@H]4[C@H]2C)cc1. The van der Waals surface area contributed by atoms with E-state index in [0.717, 1.165) is 5.56 Å².